The van der Waals surface area contributed by atoms with Crippen molar-refractivity contribution < 1.29 is 32.9 Å². The third-order valence-corrected chi connectivity index (χ3v) is 13.1. The molecule has 6 rings (SSSR count). The molecule has 17 heteroatoms. The number of thiazole rings is 2. The van der Waals surface area contributed by atoms with Gasteiger partial charge in [0.05, 0.1) is 49.2 Å². The van der Waals surface area contributed by atoms with Crippen LogP contribution in [0, 0.1) is 13.8 Å². The van der Waals surface area contributed by atoms with Crippen molar-refractivity contribution in [2.75, 3.05) is 98.3 Å². The molecule has 2 amide bonds. The Morgan fingerprint density at radius 3 is 1.42 bits per heavy atom. The first-order valence-corrected chi connectivity index (χ1v) is 24.5. The zero-order valence-corrected chi connectivity index (χ0v) is 43.6. The molecule has 0 N–H and O–H groups in total. The van der Waals surface area contributed by atoms with Gasteiger partial charge in [-0.3, -0.25) is 0 Å². The van der Waals surface area contributed by atoms with Gasteiger partial charge in [0.2, 0.25) is 0 Å². The van der Waals surface area contributed by atoms with E-state index in [0.717, 1.165) is 83.5 Å². The number of aromatic nitrogens is 2. The summed E-state index contributed by atoms with van der Waals surface area (Å²) >= 11 is 10.2. The Kier molecular flexibility index (Phi) is 19.9. The number of likely N-dealkylation sites (N-methyl/N-ethyl adjacent to an activating group) is 2. The summed E-state index contributed by atoms with van der Waals surface area (Å²) in [6.45, 7) is 9.52. The number of nitrogens with zero attached hydrogens (tertiary/aromatic N) is 6. The molecule has 4 aromatic carbocycles. The molecule has 12 nitrogen and oxygen atoms in total. The molecule has 0 bridgehead atoms. The maximum Gasteiger partial charge on any atom is 0.414 e. The molecular formula is C49H57Br2FN6O6S2. The number of aryl methyl sites for hydroxylation is 2. The number of alkyl halides is 1. The molecular weight excluding hydrogens is 1010 g/mol. The van der Waals surface area contributed by atoms with Crippen molar-refractivity contribution in [3.63, 3.8) is 0 Å². The third-order valence-electron chi connectivity index (χ3n) is 9.85. The van der Waals surface area contributed by atoms with Crippen molar-refractivity contribution in [3.8, 4) is 11.5 Å². The van der Waals surface area contributed by atoms with Crippen LogP contribution in [0.25, 0.3) is 44.7 Å². The lowest BCUT2D eigenvalue weighted by atomic mass is 10.1. The number of hydrogen-bond acceptors (Lipinski definition) is 12. The van der Waals surface area contributed by atoms with Gasteiger partial charge in [-0.2, -0.15) is 0 Å². The van der Waals surface area contributed by atoms with Crippen LogP contribution in [0.15, 0.2) is 69.6 Å². The van der Waals surface area contributed by atoms with Crippen molar-refractivity contribution >= 4 is 123 Å². The molecule has 66 heavy (non-hydrogen) atoms. The maximum absolute atomic E-state index is 12.2. The molecule has 0 aliphatic heterocycles. The highest BCUT2D eigenvalue weighted by Gasteiger charge is 2.14. The average Bonchev–Trinajstić information content (AvgIpc) is 3.88. The number of fused-ring (bicyclic) bond motifs is 2. The summed E-state index contributed by atoms with van der Waals surface area (Å²) in [5.74, 6) is 0.950. The molecule has 0 saturated heterocycles. The lowest BCUT2D eigenvalue weighted by molar-refractivity contribution is 0.125. The summed E-state index contributed by atoms with van der Waals surface area (Å²) in [7, 11) is 10.7. The zero-order chi connectivity index (χ0) is 47.9. The van der Waals surface area contributed by atoms with Gasteiger partial charge in [-0.15, -0.1) is 22.7 Å². The Morgan fingerprint density at radius 1 is 0.621 bits per heavy atom. The Labute approximate surface area is 411 Å². The van der Waals surface area contributed by atoms with E-state index in [9.17, 15) is 14.0 Å². The second-order valence-electron chi connectivity index (χ2n) is 15.6. The molecule has 6 aromatic rings. The van der Waals surface area contributed by atoms with Crippen molar-refractivity contribution in [2.45, 2.75) is 27.2 Å². The molecule has 0 unspecified atom stereocenters. The van der Waals surface area contributed by atoms with Crippen molar-refractivity contribution in [3.05, 3.63) is 102 Å². The monoisotopic (exact) mass is 1070 g/mol. The first-order valence-electron chi connectivity index (χ1n) is 21.3. The van der Waals surface area contributed by atoms with Gasteiger partial charge in [0.25, 0.3) is 0 Å². The van der Waals surface area contributed by atoms with E-state index < -0.39 is 18.9 Å². The van der Waals surface area contributed by atoms with Crippen LogP contribution in [0.1, 0.15) is 45.6 Å². The fourth-order valence-corrected chi connectivity index (χ4v) is 9.02. The predicted octanol–water partition coefficient (Wildman–Crippen LogP) is 12.5. The van der Waals surface area contributed by atoms with Crippen molar-refractivity contribution in [1.29, 1.82) is 0 Å². The molecule has 0 spiro atoms. The minimum atomic E-state index is -0.461. The number of ether oxygens (including phenoxy) is 4. The second kappa shape index (κ2) is 25.3. The Hall–Kier alpha value is -4.91. The van der Waals surface area contributed by atoms with E-state index in [4.69, 9.17) is 28.9 Å². The summed E-state index contributed by atoms with van der Waals surface area (Å²) in [5.41, 5.74) is 8.53. The highest BCUT2D eigenvalue weighted by molar-refractivity contribution is 9.11. The molecule has 0 aliphatic rings. The number of rotatable bonds is 18. The summed E-state index contributed by atoms with van der Waals surface area (Å²) in [5, 5.41) is 1.84. The number of benzene rings is 4. The second-order valence-corrected chi connectivity index (χ2v) is 19.5. The highest BCUT2D eigenvalue weighted by atomic mass is 79.9. The predicted molar refractivity (Wildman–Crippen MR) is 279 cm³/mol. The largest absolute Gasteiger partial charge is 0.414 e. The normalized spacial score (nSPS) is 11.3. The van der Waals surface area contributed by atoms with Crippen LogP contribution in [-0.2, 0) is 9.47 Å². The van der Waals surface area contributed by atoms with E-state index in [1.807, 2.05) is 55.6 Å². The van der Waals surface area contributed by atoms with Crippen molar-refractivity contribution in [1.82, 2.24) is 19.8 Å². The highest BCUT2D eigenvalue weighted by Crippen LogP contribution is 2.34. The van der Waals surface area contributed by atoms with Gasteiger partial charge in [-0.05, 0) is 135 Å². The van der Waals surface area contributed by atoms with E-state index in [1.54, 1.807) is 63.0 Å². The van der Waals surface area contributed by atoms with Gasteiger partial charge < -0.3 is 38.5 Å². The Balaban J connectivity index is 0.000000247. The molecule has 2 heterocycles. The quantitative estimate of drug-likeness (QED) is 0.0772. The zero-order valence-electron chi connectivity index (χ0n) is 38.8. The Bertz CT molecular complexity index is 2470. The summed E-state index contributed by atoms with van der Waals surface area (Å²) in [6.07, 6.45) is 8.16. The number of hydrogen-bond donors (Lipinski definition) is 0. The molecule has 0 atom stereocenters. The summed E-state index contributed by atoms with van der Waals surface area (Å²) < 4.78 is 37.4. The van der Waals surface area contributed by atoms with Crippen LogP contribution in [0.2, 0.25) is 0 Å². The number of anilines is 2. The standard InChI is InChI=1S/C25H30BrN3O3S.C24H27BrFN3O3S/c1-6-12-31-13-11-29(5)21-16-23-20(14-17(21)2)27-24(33-23)10-8-18-7-9-22(19(26)15-18)32-25(30)28(3)4;1-16-13-19-22(15-20(16)29(4)10-12-31-11-9-26)33-23(27-19)8-6-17-5-7-21(18(25)14-17)32-24(30)28(2)3/h7-10,14-16H,6,11-13H2,1-5H3;5-8,13-15H,9-12H2,1-4H3/b10-8+;8-6+. The maximum atomic E-state index is 12.2. The first kappa shape index (κ1) is 52.1. The van der Waals surface area contributed by atoms with E-state index in [2.05, 4.69) is 93.7 Å². The fraction of sp³-hybridized carbons (Fsp3) is 0.347. The van der Waals surface area contributed by atoms with Crippen LogP contribution in [0.5, 0.6) is 11.5 Å². The summed E-state index contributed by atoms with van der Waals surface area (Å²) in [6, 6.07) is 19.7. The SMILES string of the molecule is CCCOCCN(C)c1cc2sc(/C=C/c3ccc(OC(=O)N(C)C)c(Br)c3)nc2cc1C.Cc1cc2nc(/C=C/c3ccc(OC(=O)N(C)C)c(Br)c3)sc2cc1N(C)CCOCCF. The van der Waals surface area contributed by atoms with Crippen LogP contribution < -0.4 is 19.3 Å². The molecule has 0 fully saturated rings. The lowest BCUT2D eigenvalue weighted by Gasteiger charge is -2.21. The molecule has 2 aromatic heterocycles. The third kappa shape index (κ3) is 15.1. The number of carbonyl (C=O) groups is 2. The van der Waals surface area contributed by atoms with Crippen LogP contribution in [0.3, 0.4) is 0 Å². The minimum absolute atomic E-state index is 0.136. The first-order chi connectivity index (χ1) is 31.6. The van der Waals surface area contributed by atoms with Crippen LogP contribution in [0.4, 0.5) is 25.4 Å². The van der Waals surface area contributed by atoms with Gasteiger partial charge in [0.15, 0.2) is 0 Å². The smallest absolute Gasteiger partial charge is 0.409 e. The average molecular weight is 1070 g/mol. The lowest BCUT2D eigenvalue weighted by Crippen LogP contribution is -2.25. The van der Waals surface area contributed by atoms with Crippen LogP contribution >= 0.6 is 54.5 Å². The fourth-order valence-electron chi connectivity index (χ4n) is 6.30. The molecule has 0 radical (unpaired) electrons. The molecule has 0 aliphatic carbocycles. The van der Waals surface area contributed by atoms with Crippen LogP contribution in [-0.4, -0.2) is 120 Å². The molecule has 0 saturated carbocycles. The number of amides is 2. The van der Waals surface area contributed by atoms with Crippen molar-refractivity contribution in [2.24, 2.45) is 0 Å². The minimum Gasteiger partial charge on any atom is -0.409 e. The van der Waals surface area contributed by atoms with Gasteiger partial charge in [-0.25, -0.2) is 23.9 Å². The van der Waals surface area contributed by atoms with Gasteiger partial charge in [0, 0.05) is 73.4 Å². The van der Waals surface area contributed by atoms with E-state index in [1.165, 1.54) is 21.1 Å². The van der Waals surface area contributed by atoms with Gasteiger partial charge >= 0.3 is 12.2 Å². The van der Waals surface area contributed by atoms with E-state index >= 15 is 0 Å². The summed E-state index contributed by atoms with van der Waals surface area (Å²) in [4.78, 5) is 40.1. The molecule has 352 valence electrons. The van der Waals surface area contributed by atoms with Gasteiger partial charge in [-0.1, -0.05) is 31.2 Å². The van der Waals surface area contributed by atoms with Gasteiger partial charge in [0.1, 0.15) is 28.2 Å². The van der Waals surface area contributed by atoms with E-state index in [-0.39, 0.29) is 6.61 Å². The number of halogens is 3. The number of carbonyl (C=O) groups excluding carboxylic acids is 2. The van der Waals surface area contributed by atoms with E-state index in [0.29, 0.717) is 29.1 Å². The topological polar surface area (TPSA) is 110 Å². The Morgan fingerprint density at radius 2 is 1.05 bits per heavy atom.